The Morgan fingerprint density at radius 3 is 2.88 bits per heavy atom. The summed E-state index contributed by atoms with van der Waals surface area (Å²) >= 11 is 6.80. The molecule has 2 aromatic rings. The van der Waals surface area contributed by atoms with E-state index in [1.54, 1.807) is 0 Å². The number of morpholine rings is 1. The molecule has 1 fully saturated rings. The third-order valence-corrected chi connectivity index (χ3v) is 5.42. The van der Waals surface area contributed by atoms with Crippen molar-refractivity contribution in [1.82, 2.24) is 10.2 Å². The van der Waals surface area contributed by atoms with Crippen molar-refractivity contribution in [3.63, 3.8) is 0 Å². The molecular formula is C17H21N3O3S2. The van der Waals surface area contributed by atoms with Gasteiger partial charge in [0.1, 0.15) is 4.88 Å². The molecule has 0 spiro atoms. The van der Waals surface area contributed by atoms with Crippen molar-refractivity contribution in [3.8, 4) is 0 Å². The van der Waals surface area contributed by atoms with Gasteiger partial charge in [0.15, 0.2) is 5.11 Å². The first-order chi connectivity index (χ1) is 12.2. The molecule has 25 heavy (non-hydrogen) atoms. The summed E-state index contributed by atoms with van der Waals surface area (Å²) < 4.78 is 11.3. The highest BCUT2D eigenvalue weighted by atomic mass is 32.1. The quantitative estimate of drug-likeness (QED) is 0.610. The Balaban J connectivity index is 1.64. The van der Waals surface area contributed by atoms with Gasteiger partial charge >= 0.3 is 5.97 Å². The number of carbonyl (C=O) groups excluding carboxylic acids is 1. The summed E-state index contributed by atoms with van der Waals surface area (Å²) in [4.78, 5) is 14.9. The van der Waals surface area contributed by atoms with Crippen LogP contribution in [0.4, 0.5) is 5.69 Å². The first kappa shape index (κ1) is 18.1. The lowest BCUT2D eigenvalue weighted by molar-refractivity contribution is 0.0389. The first-order valence-electron chi connectivity index (χ1n) is 8.14. The Kier molecular flexibility index (Phi) is 6.19. The number of esters is 1. The first-order valence-corrected chi connectivity index (χ1v) is 9.36. The molecule has 1 aliphatic heterocycles. The molecule has 8 heteroatoms. The van der Waals surface area contributed by atoms with E-state index < -0.39 is 0 Å². The van der Waals surface area contributed by atoms with Crippen molar-refractivity contribution in [2.24, 2.45) is 0 Å². The lowest BCUT2D eigenvalue weighted by Crippen LogP contribution is -2.42. The number of methoxy groups -OCH3 is 1. The van der Waals surface area contributed by atoms with Crippen LogP contribution in [-0.4, -0.2) is 62.5 Å². The van der Waals surface area contributed by atoms with Crippen LogP contribution in [0.1, 0.15) is 9.67 Å². The highest BCUT2D eigenvalue weighted by Gasteiger charge is 2.19. The molecule has 1 saturated heterocycles. The lowest BCUT2D eigenvalue weighted by atomic mass is 10.2. The second kappa shape index (κ2) is 8.57. The summed E-state index contributed by atoms with van der Waals surface area (Å²) in [5, 5.41) is 7.85. The maximum Gasteiger partial charge on any atom is 0.350 e. The van der Waals surface area contributed by atoms with E-state index in [2.05, 4.69) is 15.5 Å². The summed E-state index contributed by atoms with van der Waals surface area (Å²) in [5.74, 6) is -0.361. The van der Waals surface area contributed by atoms with Crippen LogP contribution in [0.2, 0.25) is 0 Å². The van der Waals surface area contributed by atoms with Gasteiger partial charge < -0.3 is 20.1 Å². The number of hydrogen-bond acceptors (Lipinski definition) is 6. The number of hydrogen-bond donors (Lipinski definition) is 2. The van der Waals surface area contributed by atoms with Crippen molar-refractivity contribution in [2.75, 3.05) is 51.8 Å². The number of ether oxygens (including phenoxy) is 2. The van der Waals surface area contributed by atoms with E-state index in [-0.39, 0.29) is 5.97 Å². The van der Waals surface area contributed by atoms with Gasteiger partial charge in [0.2, 0.25) is 0 Å². The van der Waals surface area contributed by atoms with Crippen molar-refractivity contribution >= 4 is 50.4 Å². The minimum Gasteiger partial charge on any atom is -0.465 e. The second-order valence-electron chi connectivity index (χ2n) is 5.63. The molecule has 1 aromatic heterocycles. The van der Waals surface area contributed by atoms with Crippen LogP contribution in [0, 0.1) is 0 Å². The molecule has 6 nitrogen and oxygen atoms in total. The molecule has 0 saturated carbocycles. The highest BCUT2D eigenvalue weighted by Crippen LogP contribution is 2.36. The minimum atomic E-state index is -0.361. The molecule has 0 aliphatic carbocycles. The number of nitrogens with zero attached hydrogens (tertiary/aromatic N) is 1. The van der Waals surface area contributed by atoms with Crippen molar-refractivity contribution in [2.45, 2.75) is 0 Å². The predicted molar refractivity (Wildman–Crippen MR) is 105 cm³/mol. The molecule has 0 bridgehead atoms. The molecule has 1 aromatic carbocycles. The predicted octanol–water partition coefficient (Wildman–Crippen LogP) is 2.31. The zero-order valence-corrected chi connectivity index (χ0v) is 15.7. The number of thiocarbonyl (C=S) groups is 1. The van der Waals surface area contributed by atoms with E-state index >= 15 is 0 Å². The molecule has 0 unspecified atom stereocenters. The summed E-state index contributed by atoms with van der Waals surface area (Å²) in [7, 11) is 1.38. The SMILES string of the molecule is COC(=O)c1sc2ccccc2c1NC(=S)NCCN1CCOCC1. The van der Waals surface area contributed by atoms with Gasteiger partial charge in [-0.2, -0.15) is 0 Å². The number of fused-ring (bicyclic) bond motifs is 1. The van der Waals surface area contributed by atoms with Crippen LogP contribution >= 0.6 is 23.6 Å². The van der Waals surface area contributed by atoms with E-state index in [0.717, 1.165) is 49.5 Å². The van der Waals surface area contributed by atoms with Crippen LogP contribution in [0.25, 0.3) is 10.1 Å². The third kappa shape index (κ3) is 4.46. The van der Waals surface area contributed by atoms with E-state index in [1.165, 1.54) is 18.4 Å². The van der Waals surface area contributed by atoms with Crippen LogP contribution in [0.5, 0.6) is 0 Å². The Hall–Kier alpha value is -1.74. The van der Waals surface area contributed by atoms with Gasteiger partial charge in [-0.05, 0) is 18.3 Å². The van der Waals surface area contributed by atoms with Crippen LogP contribution in [0.15, 0.2) is 24.3 Å². The number of carbonyl (C=O) groups is 1. The maximum absolute atomic E-state index is 12.1. The smallest absolute Gasteiger partial charge is 0.350 e. The largest absolute Gasteiger partial charge is 0.465 e. The molecular weight excluding hydrogens is 358 g/mol. The van der Waals surface area contributed by atoms with Gasteiger partial charge in [0, 0.05) is 36.3 Å². The average molecular weight is 380 g/mol. The molecule has 2 N–H and O–H groups in total. The van der Waals surface area contributed by atoms with E-state index in [1.807, 2.05) is 24.3 Å². The van der Waals surface area contributed by atoms with E-state index in [4.69, 9.17) is 21.7 Å². The molecule has 0 amide bonds. The second-order valence-corrected chi connectivity index (χ2v) is 7.09. The van der Waals surface area contributed by atoms with Gasteiger partial charge in [-0.15, -0.1) is 11.3 Å². The third-order valence-electron chi connectivity index (χ3n) is 4.02. The Labute approximate surface area is 156 Å². The normalized spacial score (nSPS) is 15.1. The zero-order chi connectivity index (χ0) is 17.6. The van der Waals surface area contributed by atoms with Crippen molar-refractivity contribution in [3.05, 3.63) is 29.1 Å². The Morgan fingerprint density at radius 2 is 2.12 bits per heavy atom. The van der Waals surface area contributed by atoms with Crippen molar-refractivity contribution in [1.29, 1.82) is 0 Å². The number of thiophene rings is 1. The monoisotopic (exact) mass is 379 g/mol. The topological polar surface area (TPSA) is 62.8 Å². The minimum absolute atomic E-state index is 0.361. The fourth-order valence-corrected chi connectivity index (χ4v) is 4.00. The number of nitrogens with one attached hydrogen (secondary N) is 2. The van der Waals surface area contributed by atoms with Gasteiger partial charge in [0.25, 0.3) is 0 Å². The number of rotatable bonds is 5. The van der Waals surface area contributed by atoms with Gasteiger partial charge in [-0.1, -0.05) is 18.2 Å². The summed E-state index contributed by atoms with van der Waals surface area (Å²) in [6, 6.07) is 7.84. The fraction of sp³-hybridized carbons (Fsp3) is 0.412. The van der Waals surface area contributed by atoms with Crippen molar-refractivity contribution < 1.29 is 14.3 Å². The Bertz CT molecular complexity index is 757. The van der Waals surface area contributed by atoms with Gasteiger partial charge in [-0.3, -0.25) is 4.90 Å². The average Bonchev–Trinajstić information content (AvgIpc) is 3.00. The molecule has 1 aliphatic rings. The van der Waals surface area contributed by atoms with Crippen LogP contribution < -0.4 is 10.6 Å². The number of benzene rings is 1. The zero-order valence-electron chi connectivity index (χ0n) is 14.0. The molecule has 2 heterocycles. The molecule has 0 atom stereocenters. The fourth-order valence-electron chi connectivity index (χ4n) is 2.72. The standard InChI is InChI=1S/C17H21N3O3S2/c1-22-16(21)15-14(12-4-2-3-5-13(12)25-15)19-17(24)18-6-7-20-8-10-23-11-9-20/h2-5H,6-11H2,1H3,(H2,18,19,24). The molecule has 134 valence electrons. The van der Waals surface area contributed by atoms with E-state index in [0.29, 0.717) is 15.7 Å². The van der Waals surface area contributed by atoms with Gasteiger partial charge in [0.05, 0.1) is 26.0 Å². The summed E-state index contributed by atoms with van der Waals surface area (Å²) in [5.41, 5.74) is 0.705. The summed E-state index contributed by atoms with van der Waals surface area (Å²) in [6.45, 7) is 5.10. The lowest BCUT2D eigenvalue weighted by Gasteiger charge is -2.26. The van der Waals surface area contributed by atoms with Gasteiger partial charge in [-0.25, -0.2) is 4.79 Å². The Morgan fingerprint density at radius 1 is 1.36 bits per heavy atom. The maximum atomic E-state index is 12.1. The molecule has 0 radical (unpaired) electrons. The summed E-state index contributed by atoms with van der Waals surface area (Å²) in [6.07, 6.45) is 0. The van der Waals surface area contributed by atoms with Crippen LogP contribution in [-0.2, 0) is 9.47 Å². The highest BCUT2D eigenvalue weighted by molar-refractivity contribution is 7.80. The van der Waals surface area contributed by atoms with E-state index in [9.17, 15) is 4.79 Å². The van der Waals surface area contributed by atoms with Crippen LogP contribution in [0.3, 0.4) is 0 Å². The number of anilines is 1. The molecule has 3 rings (SSSR count).